The predicted octanol–water partition coefficient (Wildman–Crippen LogP) is 3.19. The van der Waals surface area contributed by atoms with Crippen molar-refractivity contribution in [2.75, 3.05) is 31.0 Å². The Kier molecular flexibility index (Phi) is 7.57. The standard InChI is InChI=1S/C22H22ClN3O8/c1-12(21(28)24-17-6-4-14(26(30)31)9-16(17)23)34-22(29)13-8-20(27)25(11-13)18-7-5-15(32-2)10-19(18)33-3/h4-7,9-10,12-13H,8,11H2,1-3H3,(H,24,28)/t12-,13+/m1/s1. The number of amides is 2. The number of benzene rings is 2. The fraction of sp³-hybridized carbons (Fsp3) is 0.318. The van der Waals surface area contributed by atoms with Crippen molar-refractivity contribution in [2.45, 2.75) is 19.4 Å². The number of hydrogen-bond acceptors (Lipinski definition) is 8. The maximum atomic E-state index is 12.6. The lowest BCUT2D eigenvalue weighted by molar-refractivity contribution is -0.384. The quantitative estimate of drug-likeness (QED) is 0.337. The Morgan fingerprint density at radius 3 is 2.56 bits per heavy atom. The van der Waals surface area contributed by atoms with Crippen LogP contribution in [0.3, 0.4) is 0 Å². The molecule has 1 fully saturated rings. The fourth-order valence-corrected chi connectivity index (χ4v) is 3.61. The van der Waals surface area contributed by atoms with Crippen LogP contribution in [0.2, 0.25) is 5.02 Å². The van der Waals surface area contributed by atoms with Crippen molar-refractivity contribution >= 4 is 46.4 Å². The number of esters is 1. The third-order valence-corrected chi connectivity index (χ3v) is 5.53. The molecule has 2 aromatic carbocycles. The molecule has 180 valence electrons. The van der Waals surface area contributed by atoms with E-state index in [1.807, 2.05) is 0 Å². The van der Waals surface area contributed by atoms with Crippen LogP contribution in [0.5, 0.6) is 11.5 Å². The van der Waals surface area contributed by atoms with Gasteiger partial charge in [0.1, 0.15) is 11.5 Å². The molecule has 3 rings (SSSR count). The van der Waals surface area contributed by atoms with E-state index in [-0.39, 0.29) is 35.3 Å². The highest BCUT2D eigenvalue weighted by Gasteiger charge is 2.38. The van der Waals surface area contributed by atoms with Crippen molar-refractivity contribution in [1.82, 2.24) is 0 Å². The average molecular weight is 492 g/mol. The highest BCUT2D eigenvalue weighted by Crippen LogP contribution is 2.36. The monoisotopic (exact) mass is 491 g/mol. The Balaban J connectivity index is 1.63. The second-order valence-electron chi connectivity index (χ2n) is 7.43. The zero-order chi connectivity index (χ0) is 25.0. The summed E-state index contributed by atoms with van der Waals surface area (Å²) in [5, 5.41) is 13.2. The molecule has 2 aromatic rings. The van der Waals surface area contributed by atoms with Crippen LogP contribution >= 0.6 is 11.6 Å². The fourth-order valence-electron chi connectivity index (χ4n) is 3.38. The van der Waals surface area contributed by atoms with Gasteiger partial charge in [-0.3, -0.25) is 24.5 Å². The number of carbonyl (C=O) groups is 3. The molecule has 0 spiro atoms. The first-order chi connectivity index (χ1) is 16.1. The Labute approximate surface area is 199 Å². The maximum absolute atomic E-state index is 12.6. The summed E-state index contributed by atoms with van der Waals surface area (Å²) in [4.78, 5) is 49.3. The zero-order valence-corrected chi connectivity index (χ0v) is 19.3. The molecule has 11 nitrogen and oxygen atoms in total. The minimum Gasteiger partial charge on any atom is -0.497 e. The van der Waals surface area contributed by atoms with E-state index >= 15 is 0 Å². The van der Waals surface area contributed by atoms with Crippen molar-refractivity contribution in [1.29, 1.82) is 0 Å². The molecular formula is C22H22ClN3O8. The van der Waals surface area contributed by atoms with E-state index in [0.29, 0.717) is 17.2 Å². The van der Waals surface area contributed by atoms with Crippen molar-refractivity contribution in [3.8, 4) is 11.5 Å². The van der Waals surface area contributed by atoms with E-state index in [9.17, 15) is 24.5 Å². The number of ether oxygens (including phenoxy) is 3. The average Bonchev–Trinajstić information content (AvgIpc) is 3.21. The Morgan fingerprint density at radius 1 is 1.21 bits per heavy atom. The normalized spacial score (nSPS) is 16.1. The van der Waals surface area contributed by atoms with Crippen LogP contribution in [0.25, 0.3) is 0 Å². The van der Waals surface area contributed by atoms with E-state index in [2.05, 4.69) is 5.32 Å². The minimum atomic E-state index is -1.20. The second-order valence-corrected chi connectivity index (χ2v) is 7.84. The van der Waals surface area contributed by atoms with E-state index < -0.39 is 28.8 Å². The van der Waals surface area contributed by atoms with Crippen LogP contribution in [0.15, 0.2) is 36.4 Å². The lowest BCUT2D eigenvalue weighted by Gasteiger charge is -2.20. The molecule has 0 aliphatic carbocycles. The molecule has 0 aromatic heterocycles. The highest BCUT2D eigenvalue weighted by molar-refractivity contribution is 6.34. The molecule has 12 heteroatoms. The first-order valence-electron chi connectivity index (χ1n) is 10.1. The summed E-state index contributed by atoms with van der Waals surface area (Å²) in [5.41, 5.74) is 0.391. The van der Waals surface area contributed by atoms with Crippen molar-refractivity contribution < 1.29 is 33.5 Å². The van der Waals surface area contributed by atoms with Gasteiger partial charge in [-0.1, -0.05) is 11.6 Å². The number of anilines is 2. The number of nitro groups is 1. The van der Waals surface area contributed by atoms with Crippen molar-refractivity contribution in [3.05, 3.63) is 51.5 Å². The Hall–Kier alpha value is -3.86. The van der Waals surface area contributed by atoms with Crippen LogP contribution in [0, 0.1) is 16.0 Å². The van der Waals surface area contributed by atoms with Crippen LogP contribution in [0.1, 0.15) is 13.3 Å². The maximum Gasteiger partial charge on any atom is 0.312 e. The minimum absolute atomic E-state index is 0.0356. The van der Waals surface area contributed by atoms with E-state index in [1.165, 1.54) is 38.2 Å². The summed E-state index contributed by atoms with van der Waals surface area (Å²) >= 11 is 5.98. The number of nitrogens with zero attached hydrogens (tertiary/aromatic N) is 2. The number of carbonyl (C=O) groups excluding carboxylic acids is 3. The van der Waals surface area contributed by atoms with Crippen molar-refractivity contribution in [3.63, 3.8) is 0 Å². The largest absolute Gasteiger partial charge is 0.497 e. The van der Waals surface area contributed by atoms with Gasteiger partial charge in [0.05, 0.1) is 41.5 Å². The van der Waals surface area contributed by atoms with Gasteiger partial charge in [0, 0.05) is 31.2 Å². The molecule has 1 heterocycles. The van der Waals surface area contributed by atoms with Crippen LogP contribution in [0.4, 0.5) is 17.1 Å². The lowest BCUT2D eigenvalue weighted by Crippen LogP contribution is -2.33. The molecule has 0 unspecified atom stereocenters. The van der Waals surface area contributed by atoms with E-state index in [1.54, 1.807) is 18.2 Å². The smallest absolute Gasteiger partial charge is 0.312 e. The summed E-state index contributed by atoms with van der Waals surface area (Å²) in [6.45, 7) is 1.43. The predicted molar refractivity (Wildman–Crippen MR) is 122 cm³/mol. The van der Waals surface area contributed by atoms with Gasteiger partial charge in [-0.15, -0.1) is 0 Å². The molecule has 34 heavy (non-hydrogen) atoms. The molecule has 0 bridgehead atoms. The topological polar surface area (TPSA) is 137 Å². The molecule has 1 aliphatic rings. The highest BCUT2D eigenvalue weighted by atomic mass is 35.5. The number of rotatable bonds is 8. The summed E-state index contributed by atoms with van der Waals surface area (Å²) in [6.07, 6.45) is -1.28. The lowest BCUT2D eigenvalue weighted by atomic mass is 10.1. The molecule has 2 amide bonds. The van der Waals surface area contributed by atoms with E-state index in [0.717, 1.165) is 6.07 Å². The van der Waals surface area contributed by atoms with Crippen LogP contribution in [-0.4, -0.2) is 49.6 Å². The van der Waals surface area contributed by atoms with Crippen LogP contribution in [-0.2, 0) is 19.1 Å². The van der Waals surface area contributed by atoms with Gasteiger partial charge < -0.3 is 24.4 Å². The van der Waals surface area contributed by atoms with Gasteiger partial charge in [-0.2, -0.15) is 0 Å². The molecule has 1 aliphatic heterocycles. The molecule has 2 atom stereocenters. The number of methoxy groups -OCH3 is 2. The summed E-state index contributed by atoms with van der Waals surface area (Å²) in [7, 11) is 2.97. The molecule has 0 saturated carbocycles. The van der Waals surface area contributed by atoms with Gasteiger partial charge in [0.15, 0.2) is 6.10 Å². The molecule has 1 saturated heterocycles. The van der Waals surface area contributed by atoms with Gasteiger partial charge >= 0.3 is 5.97 Å². The second kappa shape index (κ2) is 10.4. The Bertz CT molecular complexity index is 1140. The van der Waals surface area contributed by atoms with E-state index in [4.69, 9.17) is 25.8 Å². The number of hydrogen-bond donors (Lipinski definition) is 1. The van der Waals surface area contributed by atoms with Gasteiger partial charge in [-0.05, 0) is 25.1 Å². The first-order valence-corrected chi connectivity index (χ1v) is 10.5. The number of nitro benzene ring substituents is 1. The third-order valence-electron chi connectivity index (χ3n) is 5.22. The summed E-state index contributed by atoms with van der Waals surface area (Å²) in [6, 6.07) is 8.52. The SMILES string of the molecule is COc1ccc(N2C[C@@H](C(=O)O[C@H](C)C(=O)Nc3ccc([N+](=O)[O-])cc3Cl)CC2=O)c(OC)c1. The summed E-state index contributed by atoms with van der Waals surface area (Å²) < 4.78 is 15.8. The number of non-ortho nitro benzene ring substituents is 1. The number of nitrogens with one attached hydrogen (secondary N) is 1. The third kappa shape index (κ3) is 5.37. The first kappa shape index (κ1) is 24.8. The number of halogens is 1. The van der Waals surface area contributed by atoms with Gasteiger partial charge in [0.25, 0.3) is 11.6 Å². The summed E-state index contributed by atoms with van der Waals surface area (Å²) in [5.74, 6) is -1.49. The molecule has 1 N–H and O–H groups in total. The molecular weight excluding hydrogens is 470 g/mol. The van der Waals surface area contributed by atoms with Gasteiger partial charge in [-0.25, -0.2) is 0 Å². The zero-order valence-electron chi connectivity index (χ0n) is 18.6. The van der Waals surface area contributed by atoms with Crippen molar-refractivity contribution in [2.24, 2.45) is 5.92 Å². The van der Waals surface area contributed by atoms with Crippen LogP contribution < -0.4 is 19.7 Å². The Morgan fingerprint density at radius 2 is 1.94 bits per heavy atom. The molecule has 0 radical (unpaired) electrons. The van der Waals surface area contributed by atoms with Gasteiger partial charge in [0.2, 0.25) is 5.91 Å².